The van der Waals surface area contributed by atoms with E-state index in [4.69, 9.17) is 34.3 Å². The molecule has 60 valence electrons. The SMILES string of the molecule is COc1nc(=S)[nH]c(N)c1Cl. The van der Waals surface area contributed by atoms with Gasteiger partial charge < -0.3 is 15.5 Å². The van der Waals surface area contributed by atoms with E-state index >= 15 is 0 Å². The maximum absolute atomic E-state index is 5.68. The zero-order chi connectivity index (χ0) is 8.43. The fourth-order valence-electron chi connectivity index (χ4n) is 0.590. The van der Waals surface area contributed by atoms with Crippen LogP contribution in [0.4, 0.5) is 5.82 Å². The van der Waals surface area contributed by atoms with E-state index in [0.29, 0.717) is 0 Å². The van der Waals surface area contributed by atoms with Crippen LogP contribution in [-0.2, 0) is 0 Å². The molecule has 1 heterocycles. The number of rotatable bonds is 1. The Hall–Kier alpha value is -0.810. The molecule has 0 amide bonds. The van der Waals surface area contributed by atoms with Crippen LogP contribution in [0.1, 0.15) is 0 Å². The Bertz CT molecular complexity index is 324. The Labute approximate surface area is 73.4 Å². The predicted octanol–water partition coefficient (Wildman–Crippen LogP) is 1.38. The van der Waals surface area contributed by atoms with E-state index < -0.39 is 0 Å². The van der Waals surface area contributed by atoms with Crippen LogP contribution in [0, 0.1) is 4.77 Å². The number of nitrogens with zero attached hydrogens (tertiary/aromatic N) is 1. The van der Waals surface area contributed by atoms with Gasteiger partial charge in [-0.15, -0.1) is 0 Å². The number of anilines is 1. The van der Waals surface area contributed by atoms with Gasteiger partial charge in [0.25, 0.3) is 0 Å². The number of H-pyrrole nitrogens is 1. The van der Waals surface area contributed by atoms with Crippen LogP contribution in [0.15, 0.2) is 0 Å². The lowest BCUT2D eigenvalue weighted by Gasteiger charge is -2.02. The van der Waals surface area contributed by atoms with Crippen LogP contribution in [-0.4, -0.2) is 17.1 Å². The Morgan fingerprint density at radius 2 is 2.36 bits per heavy atom. The van der Waals surface area contributed by atoms with E-state index in [1.54, 1.807) is 0 Å². The third-order valence-corrected chi connectivity index (χ3v) is 1.62. The molecule has 0 saturated heterocycles. The minimum atomic E-state index is 0.243. The monoisotopic (exact) mass is 191 g/mol. The van der Waals surface area contributed by atoms with Gasteiger partial charge in [0.1, 0.15) is 10.8 Å². The van der Waals surface area contributed by atoms with Crippen LogP contribution in [0.5, 0.6) is 5.88 Å². The highest BCUT2D eigenvalue weighted by Crippen LogP contribution is 2.24. The summed E-state index contributed by atoms with van der Waals surface area (Å²) in [5.41, 5.74) is 5.42. The maximum Gasteiger partial charge on any atom is 0.238 e. The molecule has 0 spiro atoms. The number of aromatic nitrogens is 2. The van der Waals surface area contributed by atoms with Gasteiger partial charge in [-0.2, -0.15) is 4.98 Å². The molecule has 3 N–H and O–H groups in total. The number of nitrogens with one attached hydrogen (secondary N) is 1. The van der Waals surface area contributed by atoms with E-state index in [0.717, 1.165) is 0 Å². The minimum absolute atomic E-state index is 0.243. The molecule has 0 unspecified atom stereocenters. The van der Waals surface area contributed by atoms with Crippen molar-refractivity contribution in [2.24, 2.45) is 0 Å². The van der Waals surface area contributed by atoms with E-state index in [-0.39, 0.29) is 21.5 Å². The molecule has 0 aromatic carbocycles. The van der Waals surface area contributed by atoms with E-state index in [9.17, 15) is 0 Å². The summed E-state index contributed by atoms with van der Waals surface area (Å²) < 4.78 is 5.05. The molecule has 1 aromatic rings. The normalized spacial score (nSPS) is 9.64. The molecule has 0 aliphatic heterocycles. The molecule has 6 heteroatoms. The zero-order valence-corrected chi connectivity index (χ0v) is 7.29. The molecule has 0 aliphatic carbocycles. The van der Waals surface area contributed by atoms with Crippen molar-refractivity contribution in [1.82, 2.24) is 9.97 Å². The summed E-state index contributed by atoms with van der Waals surface area (Å²) in [7, 11) is 1.45. The van der Waals surface area contributed by atoms with Crippen LogP contribution in [0.3, 0.4) is 0 Å². The first kappa shape index (κ1) is 8.29. The first-order valence-corrected chi connectivity index (χ1v) is 3.53. The standard InChI is InChI=1S/C5H6ClN3OS/c1-10-4-2(6)3(7)8-5(11)9-4/h1H3,(H3,7,8,9,11). The highest BCUT2D eigenvalue weighted by molar-refractivity contribution is 7.71. The zero-order valence-electron chi connectivity index (χ0n) is 5.72. The summed E-state index contributed by atoms with van der Waals surface area (Å²) in [6.45, 7) is 0. The Morgan fingerprint density at radius 3 is 2.91 bits per heavy atom. The van der Waals surface area contributed by atoms with Crippen molar-refractivity contribution in [3.63, 3.8) is 0 Å². The number of nitrogens with two attached hydrogens (primary N) is 1. The Kier molecular flexibility index (Phi) is 2.31. The summed E-state index contributed by atoms with van der Waals surface area (Å²) in [4.78, 5) is 6.36. The van der Waals surface area contributed by atoms with Gasteiger partial charge in [0.05, 0.1) is 7.11 Å². The third kappa shape index (κ3) is 1.61. The fourth-order valence-corrected chi connectivity index (χ4v) is 0.949. The van der Waals surface area contributed by atoms with Gasteiger partial charge in [0.2, 0.25) is 10.7 Å². The van der Waals surface area contributed by atoms with E-state index in [1.807, 2.05) is 0 Å². The molecule has 0 bridgehead atoms. The molecule has 1 aromatic heterocycles. The molecule has 0 saturated carbocycles. The van der Waals surface area contributed by atoms with Crippen LogP contribution < -0.4 is 10.5 Å². The largest absolute Gasteiger partial charge is 0.480 e. The van der Waals surface area contributed by atoms with Crippen molar-refractivity contribution in [1.29, 1.82) is 0 Å². The van der Waals surface area contributed by atoms with E-state index in [1.165, 1.54) is 7.11 Å². The summed E-state index contributed by atoms with van der Waals surface area (Å²) in [5, 5.41) is 0.251. The number of nitrogen functional groups attached to an aromatic ring is 1. The van der Waals surface area contributed by atoms with Crippen LogP contribution >= 0.6 is 23.8 Å². The molecule has 4 nitrogen and oxygen atoms in total. The van der Waals surface area contributed by atoms with Gasteiger partial charge in [-0.05, 0) is 12.2 Å². The topological polar surface area (TPSA) is 63.9 Å². The van der Waals surface area contributed by atoms with E-state index in [2.05, 4.69) is 9.97 Å². The number of methoxy groups -OCH3 is 1. The smallest absolute Gasteiger partial charge is 0.238 e. The molecule has 0 fully saturated rings. The molecular formula is C5H6ClN3OS. The van der Waals surface area contributed by atoms with Crippen LogP contribution in [0.25, 0.3) is 0 Å². The molecule has 0 radical (unpaired) electrons. The summed E-state index contributed by atoms with van der Waals surface area (Å²) in [6, 6.07) is 0. The number of halogens is 1. The molecule has 0 aliphatic rings. The fraction of sp³-hybridized carbons (Fsp3) is 0.200. The Morgan fingerprint density at radius 1 is 1.73 bits per heavy atom. The van der Waals surface area contributed by atoms with Crippen molar-refractivity contribution in [3.05, 3.63) is 9.79 Å². The number of ether oxygens (including phenoxy) is 1. The van der Waals surface area contributed by atoms with Crippen molar-refractivity contribution < 1.29 is 4.74 Å². The van der Waals surface area contributed by atoms with Crippen molar-refractivity contribution in [3.8, 4) is 5.88 Å². The molecule has 0 atom stereocenters. The summed E-state index contributed by atoms with van der Waals surface area (Å²) in [5.74, 6) is 0.511. The average Bonchev–Trinajstić information content (AvgIpc) is 1.96. The van der Waals surface area contributed by atoms with Gasteiger partial charge in [-0.25, -0.2) is 0 Å². The van der Waals surface area contributed by atoms with Gasteiger partial charge in [-0.3, -0.25) is 0 Å². The second-order valence-corrected chi connectivity index (χ2v) is 2.54. The highest BCUT2D eigenvalue weighted by atomic mass is 35.5. The highest BCUT2D eigenvalue weighted by Gasteiger charge is 2.05. The first-order valence-electron chi connectivity index (χ1n) is 2.74. The van der Waals surface area contributed by atoms with Gasteiger partial charge in [-0.1, -0.05) is 11.6 Å². The molecule has 1 rings (SSSR count). The second kappa shape index (κ2) is 3.06. The third-order valence-electron chi connectivity index (χ3n) is 1.06. The van der Waals surface area contributed by atoms with Gasteiger partial charge in [0, 0.05) is 0 Å². The lowest BCUT2D eigenvalue weighted by atomic mass is 10.6. The average molecular weight is 192 g/mol. The quantitative estimate of drug-likeness (QED) is 0.659. The first-order chi connectivity index (χ1) is 5.15. The lowest BCUT2D eigenvalue weighted by Crippen LogP contribution is -1.97. The number of aromatic amines is 1. The second-order valence-electron chi connectivity index (χ2n) is 1.78. The summed E-state index contributed by atoms with van der Waals surface area (Å²) in [6.07, 6.45) is 0. The molecule has 11 heavy (non-hydrogen) atoms. The Balaban J connectivity index is 3.36. The number of hydrogen-bond acceptors (Lipinski definition) is 4. The number of hydrogen-bond donors (Lipinski definition) is 2. The summed E-state index contributed by atoms with van der Waals surface area (Å²) >= 11 is 10.4. The molecular weight excluding hydrogens is 186 g/mol. The maximum atomic E-state index is 5.68. The van der Waals surface area contributed by atoms with Gasteiger partial charge in [0.15, 0.2) is 0 Å². The van der Waals surface area contributed by atoms with Crippen molar-refractivity contribution in [2.75, 3.05) is 12.8 Å². The lowest BCUT2D eigenvalue weighted by molar-refractivity contribution is 0.397. The van der Waals surface area contributed by atoms with Crippen molar-refractivity contribution >= 4 is 29.6 Å². The van der Waals surface area contributed by atoms with Crippen LogP contribution in [0.2, 0.25) is 5.02 Å². The van der Waals surface area contributed by atoms with Gasteiger partial charge >= 0.3 is 0 Å². The minimum Gasteiger partial charge on any atom is -0.480 e. The van der Waals surface area contributed by atoms with Crippen molar-refractivity contribution in [2.45, 2.75) is 0 Å². The predicted molar refractivity (Wildman–Crippen MR) is 45.4 cm³/mol.